The van der Waals surface area contributed by atoms with Crippen LogP contribution in [0.3, 0.4) is 0 Å². The third-order valence-corrected chi connectivity index (χ3v) is 5.34. The molecule has 2 aliphatic carbocycles. The lowest BCUT2D eigenvalue weighted by molar-refractivity contribution is 0.378. The van der Waals surface area contributed by atoms with Crippen molar-refractivity contribution in [3.63, 3.8) is 0 Å². The summed E-state index contributed by atoms with van der Waals surface area (Å²) >= 11 is 0. The maximum absolute atomic E-state index is 5.29. The highest BCUT2D eigenvalue weighted by atomic mass is 14.9. The van der Waals surface area contributed by atoms with Gasteiger partial charge in [0.25, 0.3) is 0 Å². The lowest BCUT2D eigenvalue weighted by Crippen LogP contribution is -2.31. The highest BCUT2D eigenvalue weighted by Gasteiger charge is 2.29. The van der Waals surface area contributed by atoms with Gasteiger partial charge in [-0.05, 0) is 57.8 Å². The van der Waals surface area contributed by atoms with Gasteiger partial charge in [0, 0.05) is 5.71 Å². The van der Waals surface area contributed by atoms with Gasteiger partial charge in [-0.2, -0.15) is 0 Å². The van der Waals surface area contributed by atoms with E-state index < -0.39 is 0 Å². The minimum atomic E-state index is 0.157. The van der Waals surface area contributed by atoms with E-state index in [1.165, 1.54) is 64.2 Å². The highest BCUT2D eigenvalue weighted by Crippen LogP contribution is 2.35. The van der Waals surface area contributed by atoms with Crippen molar-refractivity contribution < 1.29 is 0 Å². The van der Waals surface area contributed by atoms with Crippen LogP contribution in [0.25, 0.3) is 0 Å². The lowest BCUT2D eigenvalue weighted by atomic mass is 9.75. The van der Waals surface area contributed by atoms with Gasteiger partial charge in [-0.1, -0.05) is 45.4 Å². The molecule has 1 nitrogen and oxygen atoms in total. The van der Waals surface area contributed by atoms with Crippen LogP contribution in [0.2, 0.25) is 0 Å². The molecule has 0 aromatic rings. The Morgan fingerprint density at radius 3 is 1.63 bits per heavy atom. The van der Waals surface area contributed by atoms with E-state index in [-0.39, 0.29) is 5.54 Å². The fourth-order valence-electron chi connectivity index (χ4n) is 3.74. The Labute approximate surface area is 120 Å². The smallest absolute Gasteiger partial charge is 0.0549 e. The molecule has 2 fully saturated rings. The van der Waals surface area contributed by atoms with Gasteiger partial charge in [0.1, 0.15) is 0 Å². The molecule has 0 atom stereocenters. The van der Waals surface area contributed by atoms with Gasteiger partial charge in [-0.25, -0.2) is 0 Å². The fourth-order valence-corrected chi connectivity index (χ4v) is 3.74. The second kappa shape index (κ2) is 6.90. The van der Waals surface area contributed by atoms with Crippen molar-refractivity contribution in [1.82, 2.24) is 0 Å². The summed E-state index contributed by atoms with van der Waals surface area (Å²) in [6, 6.07) is 0. The molecule has 0 radical (unpaired) electrons. The van der Waals surface area contributed by atoms with Gasteiger partial charge in [-0.15, -0.1) is 0 Å². The van der Waals surface area contributed by atoms with Crippen molar-refractivity contribution in [2.75, 3.05) is 0 Å². The molecule has 0 bridgehead atoms. The Kier molecular flexibility index (Phi) is 5.47. The number of aliphatic imine (C=N–C) groups is 1. The van der Waals surface area contributed by atoms with Gasteiger partial charge in [-0.3, -0.25) is 4.99 Å². The van der Waals surface area contributed by atoms with E-state index in [2.05, 4.69) is 20.8 Å². The summed E-state index contributed by atoms with van der Waals surface area (Å²) in [5.74, 6) is 1.64. The van der Waals surface area contributed by atoms with Gasteiger partial charge in [0.2, 0.25) is 0 Å². The summed E-state index contributed by atoms with van der Waals surface area (Å²) in [7, 11) is 0. The van der Waals surface area contributed by atoms with Gasteiger partial charge < -0.3 is 0 Å². The Balaban J connectivity index is 2.15. The summed E-state index contributed by atoms with van der Waals surface area (Å²) in [4.78, 5) is 5.29. The van der Waals surface area contributed by atoms with Gasteiger partial charge >= 0.3 is 0 Å². The fraction of sp³-hybridized carbons (Fsp3) is 0.944. The Bertz CT molecular complexity index is 271. The number of nitrogens with zero attached hydrogens (tertiary/aromatic N) is 1. The first kappa shape index (κ1) is 15.1. The van der Waals surface area contributed by atoms with Crippen LogP contribution < -0.4 is 0 Å². The second-order valence-corrected chi connectivity index (χ2v) is 7.37. The van der Waals surface area contributed by atoms with Crippen LogP contribution in [0.4, 0.5) is 0 Å². The van der Waals surface area contributed by atoms with E-state index in [1.54, 1.807) is 5.71 Å². The van der Waals surface area contributed by atoms with Crippen LogP contribution in [0.1, 0.15) is 91.4 Å². The van der Waals surface area contributed by atoms with E-state index in [0.29, 0.717) is 0 Å². The molecule has 0 aliphatic heterocycles. The number of hydrogen-bond donors (Lipinski definition) is 0. The summed E-state index contributed by atoms with van der Waals surface area (Å²) in [6.45, 7) is 6.92. The minimum Gasteiger partial charge on any atom is -0.288 e. The second-order valence-electron chi connectivity index (χ2n) is 7.37. The molecule has 2 rings (SSSR count). The highest BCUT2D eigenvalue weighted by molar-refractivity contribution is 5.89. The molecule has 0 amide bonds. The third kappa shape index (κ3) is 4.33. The predicted octanol–water partition coefficient (Wildman–Crippen LogP) is 5.78. The normalized spacial score (nSPS) is 23.3. The van der Waals surface area contributed by atoms with Crippen molar-refractivity contribution in [3.05, 3.63) is 0 Å². The SMILES string of the molecule is CCC(C)(C)N=C(C1CCCCC1)C1CCCCC1. The standard InChI is InChI=1S/C18H33N/c1-4-18(2,3)19-17(15-11-7-5-8-12-15)16-13-9-6-10-14-16/h15-16H,4-14H2,1-3H3. The van der Waals surface area contributed by atoms with Crippen LogP contribution in [-0.4, -0.2) is 11.3 Å². The van der Waals surface area contributed by atoms with Gasteiger partial charge in [0.15, 0.2) is 0 Å². The molecule has 0 spiro atoms. The Morgan fingerprint density at radius 1 is 0.842 bits per heavy atom. The molecule has 0 saturated heterocycles. The zero-order valence-corrected chi connectivity index (χ0v) is 13.4. The number of hydrogen-bond acceptors (Lipinski definition) is 1. The quantitative estimate of drug-likeness (QED) is 0.570. The van der Waals surface area contributed by atoms with Crippen molar-refractivity contribution in [2.24, 2.45) is 16.8 Å². The molecule has 19 heavy (non-hydrogen) atoms. The average Bonchev–Trinajstić information content (AvgIpc) is 2.47. The van der Waals surface area contributed by atoms with Crippen LogP contribution in [-0.2, 0) is 0 Å². The van der Waals surface area contributed by atoms with Crippen LogP contribution in [0.5, 0.6) is 0 Å². The topological polar surface area (TPSA) is 12.4 Å². The molecule has 2 aliphatic rings. The molecular weight excluding hydrogens is 230 g/mol. The van der Waals surface area contributed by atoms with E-state index in [1.807, 2.05) is 0 Å². The molecule has 110 valence electrons. The molecular formula is C18H33N. The Morgan fingerprint density at radius 2 is 1.26 bits per heavy atom. The van der Waals surface area contributed by atoms with E-state index in [0.717, 1.165) is 18.3 Å². The van der Waals surface area contributed by atoms with Crippen molar-refractivity contribution in [1.29, 1.82) is 0 Å². The summed E-state index contributed by atoms with van der Waals surface area (Å²) < 4.78 is 0. The molecule has 0 aromatic heterocycles. The summed E-state index contributed by atoms with van der Waals surface area (Å²) in [5, 5.41) is 0. The first-order chi connectivity index (χ1) is 9.12. The van der Waals surface area contributed by atoms with Crippen molar-refractivity contribution in [3.8, 4) is 0 Å². The summed E-state index contributed by atoms with van der Waals surface area (Å²) in [5.41, 5.74) is 1.79. The van der Waals surface area contributed by atoms with E-state index in [9.17, 15) is 0 Å². The molecule has 0 unspecified atom stereocenters. The van der Waals surface area contributed by atoms with Crippen LogP contribution in [0.15, 0.2) is 4.99 Å². The van der Waals surface area contributed by atoms with Crippen molar-refractivity contribution >= 4 is 5.71 Å². The first-order valence-electron chi connectivity index (χ1n) is 8.72. The van der Waals surface area contributed by atoms with E-state index in [4.69, 9.17) is 4.99 Å². The first-order valence-corrected chi connectivity index (χ1v) is 8.72. The predicted molar refractivity (Wildman–Crippen MR) is 85.0 cm³/mol. The maximum atomic E-state index is 5.29. The lowest BCUT2D eigenvalue weighted by Gasteiger charge is -2.34. The largest absolute Gasteiger partial charge is 0.288 e. The Hall–Kier alpha value is -0.330. The zero-order chi connectivity index (χ0) is 13.7. The molecule has 2 saturated carbocycles. The molecule has 0 aromatic carbocycles. The van der Waals surface area contributed by atoms with Crippen LogP contribution in [0, 0.1) is 11.8 Å². The third-order valence-electron chi connectivity index (χ3n) is 5.34. The number of rotatable bonds is 4. The molecule has 1 heteroatoms. The molecule has 0 heterocycles. The summed E-state index contributed by atoms with van der Waals surface area (Å²) in [6.07, 6.45) is 15.4. The van der Waals surface area contributed by atoms with E-state index >= 15 is 0 Å². The zero-order valence-electron chi connectivity index (χ0n) is 13.4. The maximum Gasteiger partial charge on any atom is 0.0549 e. The average molecular weight is 263 g/mol. The van der Waals surface area contributed by atoms with Gasteiger partial charge in [0.05, 0.1) is 5.54 Å². The monoisotopic (exact) mass is 263 g/mol. The minimum absolute atomic E-state index is 0.157. The van der Waals surface area contributed by atoms with Crippen molar-refractivity contribution in [2.45, 2.75) is 96.9 Å². The molecule has 0 N–H and O–H groups in total. The van der Waals surface area contributed by atoms with Crippen LogP contribution >= 0.6 is 0 Å².